The van der Waals surface area contributed by atoms with E-state index in [1.165, 1.54) is 0 Å². The summed E-state index contributed by atoms with van der Waals surface area (Å²) in [5, 5.41) is 9.74. The Hall–Kier alpha value is -1.36. The largest absolute Gasteiger partial charge is 0.478 e. The van der Waals surface area contributed by atoms with Gasteiger partial charge in [0.15, 0.2) is 0 Å². The summed E-state index contributed by atoms with van der Waals surface area (Å²) in [6, 6.07) is 5.43. The number of aliphatic carboxylic acids is 1. The summed E-state index contributed by atoms with van der Waals surface area (Å²) in [7, 11) is 0. The van der Waals surface area contributed by atoms with E-state index in [1.54, 1.807) is 18.2 Å². The molecule has 2 atom stereocenters. The highest BCUT2D eigenvalue weighted by atomic mass is 35.5. The molecule has 1 N–H and O–H groups in total. The molecule has 2 rings (SSSR count). The summed E-state index contributed by atoms with van der Waals surface area (Å²) in [6.07, 6.45) is 2.16. The van der Waals surface area contributed by atoms with E-state index >= 15 is 0 Å². The normalized spacial score (nSPS) is 19.4. The van der Waals surface area contributed by atoms with Crippen LogP contribution in [0.15, 0.2) is 23.8 Å². The summed E-state index contributed by atoms with van der Waals surface area (Å²) in [5.74, 6) is -0.914. The van der Waals surface area contributed by atoms with Gasteiger partial charge in [-0.25, -0.2) is 4.79 Å². The SMILES string of the molecule is CC/C(=C\c1cc(Cl)ccc1[C@@H](C)OC[C@H]1CO1)C(=O)O. The molecule has 0 amide bonds. The number of benzene rings is 1. The molecule has 0 aliphatic carbocycles. The van der Waals surface area contributed by atoms with Crippen molar-refractivity contribution in [1.82, 2.24) is 0 Å². The molecule has 0 saturated carbocycles. The molecule has 0 unspecified atom stereocenters. The first-order valence-corrected chi connectivity index (χ1v) is 7.35. The molecule has 114 valence electrons. The third kappa shape index (κ3) is 4.56. The van der Waals surface area contributed by atoms with E-state index in [0.29, 0.717) is 23.6 Å². The Morgan fingerprint density at radius 2 is 2.33 bits per heavy atom. The van der Waals surface area contributed by atoms with Crippen LogP contribution in [-0.4, -0.2) is 30.4 Å². The van der Waals surface area contributed by atoms with E-state index in [1.807, 2.05) is 19.9 Å². The Morgan fingerprint density at radius 1 is 1.62 bits per heavy atom. The van der Waals surface area contributed by atoms with Crippen LogP contribution in [0.5, 0.6) is 0 Å². The molecule has 1 saturated heterocycles. The Bertz CT molecular complexity index is 549. The lowest BCUT2D eigenvalue weighted by Gasteiger charge is -2.16. The first kappa shape index (κ1) is 16.0. The molecule has 1 heterocycles. The molecular formula is C16H19ClO4. The second-order valence-corrected chi connectivity index (χ2v) is 5.47. The van der Waals surface area contributed by atoms with Crippen LogP contribution in [-0.2, 0) is 14.3 Å². The number of carboxylic acid groups (broad SMARTS) is 1. The third-order valence-electron chi connectivity index (χ3n) is 3.41. The number of hydrogen-bond acceptors (Lipinski definition) is 3. The van der Waals surface area contributed by atoms with Crippen molar-refractivity contribution in [3.8, 4) is 0 Å². The number of epoxide rings is 1. The van der Waals surface area contributed by atoms with Crippen molar-refractivity contribution in [1.29, 1.82) is 0 Å². The predicted molar refractivity (Wildman–Crippen MR) is 81.5 cm³/mol. The van der Waals surface area contributed by atoms with Crippen molar-refractivity contribution >= 4 is 23.6 Å². The minimum atomic E-state index is -0.914. The lowest BCUT2D eigenvalue weighted by Crippen LogP contribution is -2.08. The molecule has 0 aromatic heterocycles. The van der Waals surface area contributed by atoms with Gasteiger partial charge in [0.1, 0.15) is 6.10 Å². The molecule has 1 fully saturated rings. The van der Waals surface area contributed by atoms with Crippen molar-refractivity contribution in [3.05, 3.63) is 39.9 Å². The van der Waals surface area contributed by atoms with Crippen LogP contribution in [0.2, 0.25) is 5.02 Å². The van der Waals surface area contributed by atoms with E-state index in [2.05, 4.69) is 0 Å². The fourth-order valence-electron chi connectivity index (χ4n) is 2.05. The van der Waals surface area contributed by atoms with Crippen molar-refractivity contribution in [2.45, 2.75) is 32.5 Å². The first-order chi connectivity index (χ1) is 10.0. The molecule has 21 heavy (non-hydrogen) atoms. The third-order valence-corrected chi connectivity index (χ3v) is 3.64. The monoisotopic (exact) mass is 310 g/mol. The standard InChI is InChI=1S/C16H19ClO4/c1-3-11(16(18)19)6-12-7-13(17)4-5-15(12)10(2)20-8-14-9-21-14/h4-7,10,14H,3,8-9H2,1-2H3,(H,18,19)/b11-6+/t10-,14+/m1/s1. The number of ether oxygens (including phenoxy) is 2. The fourth-order valence-corrected chi connectivity index (χ4v) is 2.23. The van der Waals surface area contributed by atoms with Gasteiger partial charge in [0.2, 0.25) is 0 Å². The van der Waals surface area contributed by atoms with Crippen LogP contribution in [0.3, 0.4) is 0 Å². The van der Waals surface area contributed by atoms with Gasteiger partial charge in [-0.15, -0.1) is 0 Å². The van der Waals surface area contributed by atoms with Crippen molar-refractivity contribution in [2.24, 2.45) is 0 Å². The lowest BCUT2D eigenvalue weighted by molar-refractivity contribution is -0.132. The Balaban J connectivity index is 2.25. The number of carbonyl (C=O) groups is 1. The van der Waals surface area contributed by atoms with E-state index in [4.69, 9.17) is 26.2 Å². The maximum atomic E-state index is 11.2. The molecule has 1 aromatic rings. The van der Waals surface area contributed by atoms with Crippen molar-refractivity contribution in [3.63, 3.8) is 0 Å². The van der Waals surface area contributed by atoms with Gasteiger partial charge < -0.3 is 14.6 Å². The Morgan fingerprint density at radius 3 is 2.90 bits per heavy atom. The summed E-state index contributed by atoms with van der Waals surface area (Å²) in [5.41, 5.74) is 2.05. The van der Waals surface area contributed by atoms with Crippen LogP contribution < -0.4 is 0 Å². The second-order valence-electron chi connectivity index (χ2n) is 5.03. The van der Waals surface area contributed by atoms with Crippen molar-refractivity contribution in [2.75, 3.05) is 13.2 Å². The minimum Gasteiger partial charge on any atom is -0.478 e. The maximum Gasteiger partial charge on any atom is 0.331 e. The van der Waals surface area contributed by atoms with Crippen molar-refractivity contribution < 1.29 is 19.4 Å². The Labute approximate surface area is 129 Å². The smallest absolute Gasteiger partial charge is 0.331 e. The van der Waals surface area contributed by atoms with E-state index in [9.17, 15) is 4.79 Å². The number of carboxylic acids is 1. The zero-order chi connectivity index (χ0) is 15.4. The molecule has 5 heteroatoms. The average Bonchev–Trinajstić information content (AvgIpc) is 3.26. The quantitative estimate of drug-likeness (QED) is 0.616. The number of hydrogen-bond donors (Lipinski definition) is 1. The zero-order valence-electron chi connectivity index (χ0n) is 12.1. The summed E-state index contributed by atoms with van der Waals surface area (Å²) in [6.45, 7) is 5.05. The number of rotatable bonds is 7. The van der Waals surface area contributed by atoms with Gasteiger partial charge in [-0.3, -0.25) is 0 Å². The number of halogens is 1. The van der Waals surface area contributed by atoms with Crippen LogP contribution in [0.25, 0.3) is 6.08 Å². The predicted octanol–water partition coefficient (Wildman–Crippen LogP) is 3.69. The molecular weight excluding hydrogens is 292 g/mol. The molecule has 1 aliphatic rings. The maximum absolute atomic E-state index is 11.2. The van der Waals surface area contributed by atoms with Gasteiger partial charge in [-0.05, 0) is 42.7 Å². The van der Waals surface area contributed by atoms with Crippen LogP contribution in [0.1, 0.15) is 37.5 Å². The summed E-state index contributed by atoms with van der Waals surface area (Å²) < 4.78 is 10.9. The van der Waals surface area contributed by atoms with Gasteiger partial charge in [0, 0.05) is 10.6 Å². The van der Waals surface area contributed by atoms with Crippen LogP contribution in [0.4, 0.5) is 0 Å². The van der Waals surface area contributed by atoms with Gasteiger partial charge in [-0.1, -0.05) is 24.6 Å². The molecule has 4 nitrogen and oxygen atoms in total. The first-order valence-electron chi connectivity index (χ1n) is 6.97. The molecule has 0 spiro atoms. The molecule has 1 aromatic carbocycles. The molecule has 0 radical (unpaired) electrons. The summed E-state index contributed by atoms with van der Waals surface area (Å²) in [4.78, 5) is 11.2. The average molecular weight is 311 g/mol. The van der Waals surface area contributed by atoms with Crippen LogP contribution >= 0.6 is 11.6 Å². The topological polar surface area (TPSA) is 59.1 Å². The highest BCUT2D eigenvalue weighted by molar-refractivity contribution is 6.30. The molecule has 0 bridgehead atoms. The van der Waals surface area contributed by atoms with Gasteiger partial charge >= 0.3 is 5.97 Å². The highest BCUT2D eigenvalue weighted by Crippen LogP contribution is 2.27. The van der Waals surface area contributed by atoms with E-state index in [0.717, 1.165) is 17.7 Å². The van der Waals surface area contributed by atoms with E-state index < -0.39 is 5.97 Å². The zero-order valence-corrected chi connectivity index (χ0v) is 12.9. The summed E-state index contributed by atoms with van der Waals surface area (Å²) >= 11 is 6.03. The second kappa shape index (κ2) is 7.07. The van der Waals surface area contributed by atoms with Gasteiger partial charge in [0.25, 0.3) is 0 Å². The highest BCUT2D eigenvalue weighted by Gasteiger charge is 2.24. The lowest BCUT2D eigenvalue weighted by atomic mass is 10.00. The molecule has 1 aliphatic heterocycles. The minimum absolute atomic E-state index is 0.149. The van der Waals surface area contributed by atoms with Gasteiger partial charge in [-0.2, -0.15) is 0 Å². The van der Waals surface area contributed by atoms with E-state index in [-0.39, 0.29) is 12.2 Å². The van der Waals surface area contributed by atoms with Gasteiger partial charge in [0.05, 0.1) is 19.3 Å². The fraction of sp³-hybridized carbons (Fsp3) is 0.438. The van der Waals surface area contributed by atoms with Crippen LogP contribution in [0, 0.1) is 0 Å². The Kier molecular flexibility index (Phi) is 5.39.